The summed E-state index contributed by atoms with van der Waals surface area (Å²) in [5, 5.41) is 0. The molecule has 0 aromatic heterocycles. The summed E-state index contributed by atoms with van der Waals surface area (Å²) < 4.78 is 0. The second-order valence-electron chi connectivity index (χ2n) is 4.29. The SMILES string of the molecule is C[B]C(C)CCC(CCC)N(C)C. The van der Waals surface area contributed by atoms with Crippen LogP contribution in [0.2, 0.25) is 12.6 Å². The first-order valence-electron chi connectivity index (χ1n) is 5.57. The molecular formula is C11H25BN. The van der Waals surface area contributed by atoms with Gasteiger partial charge >= 0.3 is 0 Å². The minimum absolute atomic E-state index is 0.777. The lowest BCUT2D eigenvalue weighted by Crippen LogP contribution is -2.28. The first-order valence-corrected chi connectivity index (χ1v) is 5.57. The summed E-state index contributed by atoms with van der Waals surface area (Å²) in [6, 6.07) is 0.785. The second-order valence-corrected chi connectivity index (χ2v) is 4.29. The highest BCUT2D eigenvalue weighted by Crippen LogP contribution is 2.17. The highest BCUT2D eigenvalue weighted by Gasteiger charge is 2.11. The minimum Gasteiger partial charge on any atom is -0.306 e. The third-order valence-corrected chi connectivity index (χ3v) is 2.88. The van der Waals surface area contributed by atoms with Crippen molar-refractivity contribution in [3.05, 3.63) is 0 Å². The molecule has 0 amide bonds. The van der Waals surface area contributed by atoms with E-state index in [-0.39, 0.29) is 0 Å². The van der Waals surface area contributed by atoms with Crippen molar-refractivity contribution in [1.29, 1.82) is 0 Å². The molecule has 0 rings (SSSR count). The van der Waals surface area contributed by atoms with Crippen LogP contribution >= 0.6 is 0 Å². The average Bonchev–Trinajstić information content (AvgIpc) is 2.11. The molecule has 0 saturated carbocycles. The molecule has 1 radical (unpaired) electrons. The topological polar surface area (TPSA) is 3.24 Å². The van der Waals surface area contributed by atoms with E-state index >= 15 is 0 Å². The maximum absolute atomic E-state index is 2.37. The molecule has 0 aliphatic carbocycles. The van der Waals surface area contributed by atoms with Gasteiger partial charge in [0.15, 0.2) is 0 Å². The summed E-state index contributed by atoms with van der Waals surface area (Å²) >= 11 is 0. The van der Waals surface area contributed by atoms with E-state index in [0.29, 0.717) is 0 Å². The fraction of sp³-hybridized carbons (Fsp3) is 1.00. The van der Waals surface area contributed by atoms with Crippen molar-refractivity contribution >= 4 is 7.28 Å². The summed E-state index contributed by atoms with van der Waals surface area (Å²) in [7, 11) is 6.69. The lowest BCUT2D eigenvalue weighted by atomic mass is 9.66. The molecule has 0 N–H and O–H groups in total. The minimum atomic E-state index is 0.777. The van der Waals surface area contributed by atoms with E-state index in [9.17, 15) is 0 Å². The van der Waals surface area contributed by atoms with Crippen LogP contribution in [0.3, 0.4) is 0 Å². The van der Waals surface area contributed by atoms with Crippen LogP contribution in [0.1, 0.15) is 39.5 Å². The Balaban J connectivity index is 3.68. The Morgan fingerprint density at radius 2 is 1.77 bits per heavy atom. The van der Waals surface area contributed by atoms with Gasteiger partial charge in [0, 0.05) is 6.04 Å². The maximum atomic E-state index is 2.37. The smallest absolute Gasteiger partial charge is 0.109 e. The van der Waals surface area contributed by atoms with E-state index in [0.717, 1.165) is 11.9 Å². The summed E-state index contributed by atoms with van der Waals surface area (Å²) in [4.78, 5) is 2.37. The Morgan fingerprint density at radius 1 is 1.15 bits per heavy atom. The normalized spacial score (nSPS) is 15.8. The van der Waals surface area contributed by atoms with Gasteiger partial charge in [-0.3, -0.25) is 0 Å². The van der Waals surface area contributed by atoms with E-state index in [4.69, 9.17) is 0 Å². The molecule has 2 unspecified atom stereocenters. The van der Waals surface area contributed by atoms with Crippen molar-refractivity contribution in [2.24, 2.45) is 0 Å². The Kier molecular flexibility index (Phi) is 7.45. The molecule has 0 aromatic rings. The molecule has 13 heavy (non-hydrogen) atoms. The number of hydrogen-bond donors (Lipinski definition) is 0. The highest BCUT2D eigenvalue weighted by atomic mass is 15.1. The first-order chi connectivity index (χ1) is 6.11. The molecule has 1 nitrogen and oxygen atoms in total. The molecule has 77 valence electrons. The molecule has 0 bridgehead atoms. The van der Waals surface area contributed by atoms with Gasteiger partial charge in [-0.15, -0.1) is 0 Å². The van der Waals surface area contributed by atoms with Crippen molar-refractivity contribution in [2.45, 2.75) is 58.2 Å². The van der Waals surface area contributed by atoms with E-state index in [2.05, 4.69) is 46.9 Å². The third kappa shape index (κ3) is 6.14. The predicted octanol–water partition coefficient (Wildman–Crippen LogP) is 3.06. The van der Waals surface area contributed by atoms with Gasteiger partial charge in [-0.25, -0.2) is 0 Å². The molecule has 0 aliphatic heterocycles. The van der Waals surface area contributed by atoms with Crippen molar-refractivity contribution < 1.29 is 0 Å². The molecule has 2 atom stereocenters. The molecule has 0 spiro atoms. The monoisotopic (exact) mass is 182 g/mol. The third-order valence-electron chi connectivity index (χ3n) is 2.88. The quantitative estimate of drug-likeness (QED) is 0.547. The van der Waals surface area contributed by atoms with Gasteiger partial charge in [0.05, 0.1) is 0 Å². The van der Waals surface area contributed by atoms with Gasteiger partial charge in [-0.2, -0.15) is 0 Å². The number of rotatable bonds is 7. The van der Waals surface area contributed by atoms with E-state index in [1.165, 1.54) is 25.7 Å². The van der Waals surface area contributed by atoms with Gasteiger partial charge in [-0.05, 0) is 26.9 Å². The van der Waals surface area contributed by atoms with Crippen molar-refractivity contribution in [1.82, 2.24) is 4.90 Å². The van der Waals surface area contributed by atoms with Crippen LogP contribution in [0.5, 0.6) is 0 Å². The number of nitrogens with zero attached hydrogens (tertiary/aromatic N) is 1. The predicted molar refractivity (Wildman–Crippen MR) is 62.7 cm³/mol. The van der Waals surface area contributed by atoms with Crippen molar-refractivity contribution in [2.75, 3.05) is 14.1 Å². The van der Waals surface area contributed by atoms with Crippen LogP contribution in [0.25, 0.3) is 0 Å². The summed E-state index contributed by atoms with van der Waals surface area (Å²) in [6.45, 7) is 6.74. The van der Waals surface area contributed by atoms with Crippen LogP contribution in [-0.4, -0.2) is 32.3 Å². The molecule has 2 heteroatoms. The molecule has 0 saturated heterocycles. The van der Waals surface area contributed by atoms with Crippen LogP contribution in [0.4, 0.5) is 0 Å². The molecule has 0 fully saturated rings. The van der Waals surface area contributed by atoms with Gasteiger partial charge in [0.25, 0.3) is 0 Å². The van der Waals surface area contributed by atoms with E-state index in [1.54, 1.807) is 0 Å². The Hall–Kier alpha value is 0.0249. The zero-order valence-electron chi connectivity index (χ0n) is 10.0. The Labute approximate surface area is 85.1 Å². The largest absolute Gasteiger partial charge is 0.306 e. The standard InChI is InChI=1S/C11H25BN/c1-6-7-11(13(4)5)9-8-10(2)12-3/h10-11H,6-9H2,1-5H3. The Bertz CT molecular complexity index is 115. The van der Waals surface area contributed by atoms with Crippen molar-refractivity contribution in [3.8, 4) is 0 Å². The van der Waals surface area contributed by atoms with Crippen LogP contribution in [-0.2, 0) is 0 Å². The van der Waals surface area contributed by atoms with E-state index in [1.807, 2.05) is 0 Å². The highest BCUT2D eigenvalue weighted by molar-refractivity contribution is 6.35. The molecule has 0 heterocycles. The second kappa shape index (κ2) is 7.43. The number of hydrogen-bond acceptors (Lipinski definition) is 1. The van der Waals surface area contributed by atoms with Gasteiger partial charge < -0.3 is 4.90 Å². The Morgan fingerprint density at radius 3 is 2.15 bits per heavy atom. The summed E-state index contributed by atoms with van der Waals surface area (Å²) in [5.41, 5.74) is 0. The first kappa shape index (κ1) is 13.0. The van der Waals surface area contributed by atoms with Gasteiger partial charge in [-0.1, -0.05) is 39.3 Å². The lowest BCUT2D eigenvalue weighted by molar-refractivity contribution is 0.257. The molecule has 0 aliphatic rings. The fourth-order valence-corrected chi connectivity index (χ4v) is 1.62. The zero-order chi connectivity index (χ0) is 10.3. The fourth-order valence-electron chi connectivity index (χ4n) is 1.62. The molecule has 0 aromatic carbocycles. The average molecular weight is 182 g/mol. The van der Waals surface area contributed by atoms with Crippen molar-refractivity contribution in [3.63, 3.8) is 0 Å². The zero-order valence-corrected chi connectivity index (χ0v) is 10.0. The van der Waals surface area contributed by atoms with Crippen LogP contribution < -0.4 is 0 Å². The van der Waals surface area contributed by atoms with Gasteiger partial charge in [0.2, 0.25) is 0 Å². The summed E-state index contributed by atoms with van der Waals surface area (Å²) in [5.74, 6) is 0.777. The summed E-state index contributed by atoms with van der Waals surface area (Å²) in [6.07, 6.45) is 5.31. The lowest BCUT2D eigenvalue weighted by Gasteiger charge is -2.24. The maximum Gasteiger partial charge on any atom is 0.109 e. The van der Waals surface area contributed by atoms with E-state index < -0.39 is 0 Å². The van der Waals surface area contributed by atoms with Crippen LogP contribution in [0, 0.1) is 0 Å². The van der Waals surface area contributed by atoms with Gasteiger partial charge in [0.1, 0.15) is 7.28 Å². The van der Waals surface area contributed by atoms with Crippen LogP contribution in [0.15, 0.2) is 0 Å². The molecular weight excluding hydrogens is 157 g/mol.